The van der Waals surface area contributed by atoms with Crippen molar-refractivity contribution in [1.82, 2.24) is 0 Å². The van der Waals surface area contributed by atoms with Gasteiger partial charge in [0.25, 0.3) is 0 Å². The van der Waals surface area contributed by atoms with Gasteiger partial charge in [-0.05, 0) is 26.2 Å². The van der Waals surface area contributed by atoms with E-state index in [1.165, 1.54) is 0 Å². The van der Waals surface area contributed by atoms with Gasteiger partial charge in [0.1, 0.15) is 12.2 Å². The van der Waals surface area contributed by atoms with E-state index in [1.54, 1.807) is 0 Å². The summed E-state index contributed by atoms with van der Waals surface area (Å²) in [5.41, 5.74) is -0.562. The summed E-state index contributed by atoms with van der Waals surface area (Å²) in [7, 11) is 0. The lowest BCUT2D eigenvalue weighted by atomic mass is 9.98. The summed E-state index contributed by atoms with van der Waals surface area (Å²) in [5.74, 6) is 0.0819. The van der Waals surface area contributed by atoms with Gasteiger partial charge in [-0.15, -0.1) is 0 Å². The molecule has 0 aromatic heterocycles. The molecule has 1 fully saturated rings. The number of carbonyl (C=O) groups excluding carboxylic acids is 1. The molecular formula is C10H18O3. The van der Waals surface area contributed by atoms with Gasteiger partial charge >= 0.3 is 0 Å². The lowest BCUT2D eigenvalue weighted by Crippen LogP contribution is -2.37. The maximum absolute atomic E-state index is 11.6. The van der Waals surface area contributed by atoms with Crippen molar-refractivity contribution < 1.29 is 14.3 Å². The Balaban J connectivity index is 2.29. The van der Waals surface area contributed by atoms with Gasteiger partial charge in [-0.25, -0.2) is 0 Å². The molecule has 0 aliphatic carbocycles. The van der Waals surface area contributed by atoms with Crippen molar-refractivity contribution in [2.75, 3.05) is 19.8 Å². The van der Waals surface area contributed by atoms with Crippen LogP contribution in [0.5, 0.6) is 0 Å². The quantitative estimate of drug-likeness (QED) is 0.611. The molecule has 1 saturated heterocycles. The van der Waals surface area contributed by atoms with Gasteiger partial charge < -0.3 is 9.47 Å². The van der Waals surface area contributed by atoms with Crippen LogP contribution in [0.1, 0.15) is 33.1 Å². The first-order valence-corrected chi connectivity index (χ1v) is 4.94. The molecule has 0 aromatic carbocycles. The Kier molecular flexibility index (Phi) is 3.88. The van der Waals surface area contributed by atoms with Gasteiger partial charge in [0.15, 0.2) is 5.78 Å². The van der Waals surface area contributed by atoms with Crippen LogP contribution in [-0.2, 0) is 14.3 Å². The lowest BCUT2D eigenvalue weighted by molar-refractivity contribution is -0.141. The predicted molar refractivity (Wildman–Crippen MR) is 49.7 cm³/mol. The molecule has 0 saturated carbocycles. The van der Waals surface area contributed by atoms with Crippen LogP contribution in [0.3, 0.4) is 0 Å². The SMILES string of the molecule is CCCOCC(=O)C1(C)CCCO1. The third-order valence-electron chi connectivity index (χ3n) is 2.39. The smallest absolute Gasteiger partial charge is 0.189 e. The van der Waals surface area contributed by atoms with E-state index < -0.39 is 5.60 Å². The topological polar surface area (TPSA) is 35.5 Å². The van der Waals surface area contributed by atoms with Crippen molar-refractivity contribution in [1.29, 1.82) is 0 Å². The van der Waals surface area contributed by atoms with Gasteiger partial charge in [-0.2, -0.15) is 0 Å². The molecule has 0 bridgehead atoms. The Hall–Kier alpha value is -0.410. The predicted octanol–water partition coefficient (Wildman–Crippen LogP) is 1.55. The van der Waals surface area contributed by atoms with Crippen molar-refractivity contribution in [2.45, 2.75) is 38.7 Å². The number of carbonyl (C=O) groups is 1. The fourth-order valence-electron chi connectivity index (χ4n) is 1.46. The van der Waals surface area contributed by atoms with Gasteiger partial charge in [-0.1, -0.05) is 6.92 Å². The summed E-state index contributed by atoms with van der Waals surface area (Å²) in [6.07, 6.45) is 2.77. The highest BCUT2D eigenvalue weighted by atomic mass is 16.5. The molecule has 0 amide bonds. The summed E-state index contributed by atoms with van der Waals surface area (Å²) in [5, 5.41) is 0. The highest BCUT2D eigenvalue weighted by molar-refractivity contribution is 5.88. The molecule has 1 aliphatic heterocycles. The molecule has 0 radical (unpaired) electrons. The van der Waals surface area contributed by atoms with E-state index in [9.17, 15) is 4.79 Å². The second-order valence-electron chi connectivity index (χ2n) is 3.66. The molecule has 1 aliphatic rings. The van der Waals surface area contributed by atoms with Gasteiger partial charge in [0.2, 0.25) is 0 Å². The largest absolute Gasteiger partial charge is 0.374 e. The molecule has 13 heavy (non-hydrogen) atoms. The van der Waals surface area contributed by atoms with Crippen molar-refractivity contribution in [3.63, 3.8) is 0 Å². The number of ketones is 1. The second-order valence-corrected chi connectivity index (χ2v) is 3.66. The first kappa shape index (κ1) is 10.7. The van der Waals surface area contributed by atoms with Crippen LogP contribution in [0.4, 0.5) is 0 Å². The summed E-state index contributed by atoms with van der Waals surface area (Å²) in [6, 6.07) is 0. The Morgan fingerprint density at radius 3 is 2.92 bits per heavy atom. The average Bonchev–Trinajstić information content (AvgIpc) is 2.54. The summed E-state index contributed by atoms with van der Waals surface area (Å²) >= 11 is 0. The van der Waals surface area contributed by atoms with E-state index in [0.717, 1.165) is 19.3 Å². The Labute approximate surface area is 79.4 Å². The fourth-order valence-corrected chi connectivity index (χ4v) is 1.46. The van der Waals surface area contributed by atoms with Crippen LogP contribution in [0.15, 0.2) is 0 Å². The minimum Gasteiger partial charge on any atom is -0.374 e. The van der Waals surface area contributed by atoms with Crippen molar-refractivity contribution in [2.24, 2.45) is 0 Å². The molecule has 1 rings (SSSR count). The molecule has 1 unspecified atom stereocenters. The Morgan fingerprint density at radius 2 is 2.38 bits per heavy atom. The van der Waals surface area contributed by atoms with Crippen LogP contribution >= 0.6 is 0 Å². The van der Waals surface area contributed by atoms with Crippen LogP contribution < -0.4 is 0 Å². The molecule has 0 N–H and O–H groups in total. The van der Waals surface area contributed by atoms with Crippen molar-refractivity contribution in [3.05, 3.63) is 0 Å². The fraction of sp³-hybridized carbons (Fsp3) is 0.900. The molecule has 3 heteroatoms. The highest BCUT2D eigenvalue weighted by Gasteiger charge is 2.37. The molecule has 76 valence electrons. The highest BCUT2D eigenvalue weighted by Crippen LogP contribution is 2.25. The zero-order chi connectivity index (χ0) is 9.73. The normalized spacial score (nSPS) is 27.8. The van der Waals surface area contributed by atoms with Gasteiger partial charge in [-0.3, -0.25) is 4.79 Å². The Morgan fingerprint density at radius 1 is 1.62 bits per heavy atom. The molecule has 0 spiro atoms. The van der Waals surface area contributed by atoms with Crippen LogP contribution in [0, 0.1) is 0 Å². The molecule has 3 nitrogen and oxygen atoms in total. The van der Waals surface area contributed by atoms with Crippen LogP contribution in [-0.4, -0.2) is 31.2 Å². The first-order valence-electron chi connectivity index (χ1n) is 4.94. The van der Waals surface area contributed by atoms with Crippen molar-refractivity contribution >= 4 is 5.78 Å². The molecule has 1 atom stereocenters. The summed E-state index contributed by atoms with van der Waals surface area (Å²) in [6.45, 7) is 5.44. The second kappa shape index (κ2) is 4.72. The number of rotatable bonds is 5. The monoisotopic (exact) mass is 186 g/mol. The van der Waals surface area contributed by atoms with E-state index >= 15 is 0 Å². The minimum atomic E-state index is -0.562. The lowest BCUT2D eigenvalue weighted by Gasteiger charge is -2.20. The third kappa shape index (κ3) is 2.78. The zero-order valence-corrected chi connectivity index (χ0v) is 8.47. The first-order chi connectivity index (χ1) is 6.19. The number of Topliss-reactive ketones (excluding diaryl/α,β-unsaturated/α-hetero) is 1. The van der Waals surface area contributed by atoms with E-state index in [1.807, 2.05) is 13.8 Å². The molecule has 1 heterocycles. The average molecular weight is 186 g/mol. The Bertz CT molecular complexity index is 171. The standard InChI is InChI=1S/C10H18O3/c1-3-6-12-8-9(11)10(2)5-4-7-13-10/h3-8H2,1-2H3. The maximum Gasteiger partial charge on any atom is 0.189 e. The third-order valence-corrected chi connectivity index (χ3v) is 2.39. The van der Waals surface area contributed by atoms with Gasteiger partial charge in [0.05, 0.1) is 0 Å². The van der Waals surface area contributed by atoms with Crippen molar-refractivity contribution in [3.8, 4) is 0 Å². The van der Waals surface area contributed by atoms with E-state index in [-0.39, 0.29) is 12.4 Å². The molecule has 0 aromatic rings. The number of ether oxygens (including phenoxy) is 2. The van der Waals surface area contributed by atoms with E-state index in [4.69, 9.17) is 9.47 Å². The van der Waals surface area contributed by atoms with Gasteiger partial charge in [0, 0.05) is 13.2 Å². The van der Waals surface area contributed by atoms with Crippen LogP contribution in [0.2, 0.25) is 0 Å². The van der Waals surface area contributed by atoms with E-state index in [0.29, 0.717) is 13.2 Å². The van der Waals surface area contributed by atoms with Crippen LogP contribution in [0.25, 0.3) is 0 Å². The number of hydrogen-bond acceptors (Lipinski definition) is 3. The molecular weight excluding hydrogens is 168 g/mol. The minimum absolute atomic E-state index is 0.0819. The van der Waals surface area contributed by atoms with E-state index in [2.05, 4.69) is 0 Å². The summed E-state index contributed by atoms with van der Waals surface area (Å²) in [4.78, 5) is 11.6. The summed E-state index contributed by atoms with van der Waals surface area (Å²) < 4.78 is 10.6. The maximum atomic E-state index is 11.6. The number of hydrogen-bond donors (Lipinski definition) is 0. The zero-order valence-electron chi connectivity index (χ0n) is 8.47.